The van der Waals surface area contributed by atoms with Crippen LogP contribution >= 0.6 is 11.6 Å². The van der Waals surface area contributed by atoms with Crippen LogP contribution in [0.1, 0.15) is 25.2 Å². The molecule has 2 heterocycles. The molecule has 0 saturated carbocycles. The Labute approximate surface area is 129 Å². The van der Waals surface area contributed by atoms with Gasteiger partial charge in [-0.15, -0.1) is 0 Å². The Kier molecular flexibility index (Phi) is 5.01. The molecule has 1 amide bonds. The second-order valence-electron chi connectivity index (χ2n) is 5.13. The van der Waals surface area contributed by atoms with Crippen LogP contribution in [0.2, 0.25) is 5.02 Å². The highest BCUT2D eigenvalue weighted by molar-refractivity contribution is 6.30. The molecule has 0 aliphatic rings. The van der Waals surface area contributed by atoms with Crippen molar-refractivity contribution in [3.63, 3.8) is 0 Å². The third-order valence-corrected chi connectivity index (χ3v) is 3.71. The van der Waals surface area contributed by atoms with Crippen molar-refractivity contribution in [3.05, 3.63) is 35.6 Å². The number of aryl methyl sites for hydroxylation is 2. The van der Waals surface area contributed by atoms with Gasteiger partial charge in [0.1, 0.15) is 11.9 Å². The molecule has 0 aliphatic carbocycles. The molecule has 0 aromatic carbocycles. The van der Waals surface area contributed by atoms with Crippen molar-refractivity contribution >= 4 is 17.5 Å². The fraction of sp³-hybridized carbons (Fsp3) is 0.500. The summed E-state index contributed by atoms with van der Waals surface area (Å²) in [6.07, 6.45) is 8.63. The Bertz CT molecular complexity index is 606. The van der Waals surface area contributed by atoms with E-state index in [2.05, 4.69) is 10.1 Å². The summed E-state index contributed by atoms with van der Waals surface area (Å²) in [6, 6.07) is -0.351. The van der Waals surface area contributed by atoms with E-state index in [0.29, 0.717) is 11.6 Å². The molecule has 0 N–H and O–H groups in total. The molecular formula is C14H20ClN5O. The molecule has 0 bridgehead atoms. The van der Waals surface area contributed by atoms with Crippen LogP contribution < -0.4 is 0 Å². The first-order valence-electron chi connectivity index (χ1n) is 6.90. The number of carbonyl (C=O) groups is 1. The van der Waals surface area contributed by atoms with Gasteiger partial charge in [-0.25, -0.2) is 4.98 Å². The van der Waals surface area contributed by atoms with Crippen molar-refractivity contribution in [2.75, 3.05) is 13.6 Å². The van der Waals surface area contributed by atoms with Gasteiger partial charge in [0.05, 0.1) is 11.2 Å². The summed E-state index contributed by atoms with van der Waals surface area (Å²) < 4.78 is 3.58. The molecule has 6 nitrogen and oxygen atoms in total. The number of rotatable bonds is 6. The Balaban J connectivity index is 1.83. The fourth-order valence-corrected chi connectivity index (χ4v) is 2.32. The predicted molar refractivity (Wildman–Crippen MR) is 81.1 cm³/mol. The van der Waals surface area contributed by atoms with E-state index < -0.39 is 0 Å². The topological polar surface area (TPSA) is 56.0 Å². The zero-order chi connectivity index (χ0) is 15.4. The third kappa shape index (κ3) is 3.85. The Morgan fingerprint density at radius 1 is 1.52 bits per heavy atom. The minimum Gasteiger partial charge on any atom is -0.344 e. The maximum atomic E-state index is 12.3. The normalized spacial score (nSPS) is 12.4. The van der Waals surface area contributed by atoms with E-state index in [1.54, 1.807) is 22.0 Å². The highest BCUT2D eigenvalue weighted by Crippen LogP contribution is 2.13. The summed E-state index contributed by atoms with van der Waals surface area (Å²) in [7, 11) is 3.78. The molecule has 0 fully saturated rings. The van der Waals surface area contributed by atoms with Gasteiger partial charge in [-0.1, -0.05) is 11.6 Å². The van der Waals surface area contributed by atoms with Crippen LogP contribution in [0.4, 0.5) is 0 Å². The lowest BCUT2D eigenvalue weighted by molar-refractivity contribution is -0.133. The smallest absolute Gasteiger partial charge is 0.246 e. The summed E-state index contributed by atoms with van der Waals surface area (Å²) in [4.78, 5) is 18.3. The van der Waals surface area contributed by atoms with Crippen LogP contribution in [0.25, 0.3) is 0 Å². The highest BCUT2D eigenvalue weighted by atomic mass is 35.5. The van der Waals surface area contributed by atoms with Crippen molar-refractivity contribution in [1.82, 2.24) is 24.2 Å². The van der Waals surface area contributed by atoms with Gasteiger partial charge in [0.2, 0.25) is 5.91 Å². The first-order chi connectivity index (χ1) is 9.99. The van der Waals surface area contributed by atoms with Gasteiger partial charge in [0.25, 0.3) is 0 Å². The molecule has 7 heteroatoms. The van der Waals surface area contributed by atoms with Crippen LogP contribution in [0.5, 0.6) is 0 Å². The molecule has 0 unspecified atom stereocenters. The first-order valence-corrected chi connectivity index (χ1v) is 7.27. The van der Waals surface area contributed by atoms with Gasteiger partial charge in [-0.05, 0) is 13.3 Å². The van der Waals surface area contributed by atoms with Gasteiger partial charge < -0.3 is 9.47 Å². The van der Waals surface area contributed by atoms with Crippen LogP contribution in [-0.4, -0.2) is 43.7 Å². The molecule has 0 saturated heterocycles. The highest BCUT2D eigenvalue weighted by Gasteiger charge is 2.19. The largest absolute Gasteiger partial charge is 0.344 e. The van der Waals surface area contributed by atoms with Crippen LogP contribution in [0.15, 0.2) is 24.8 Å². The lowest BCUT2D eigenvalue weighted by atomic mass is 10.2. The molecule has 0 radical (unpaired) electrons. The standard InChI is InChI=1S/C14H20ClN5O/c1-11(20-10-12(15)9-17-20)14(21)19(3)7-4-5-13-16-6-8-18(13)2/h6,8-11H,4-5,7H2,1-3H3/t11-/m1/s1. The van der Waals surface area contributed by atoms with Gasteiger partial charge in [0.15, 0.2) is 0 Å². The quantitative estimate of drug-likeness (QED) is 0.819. The number of hydrogen-bond acceptors (Lipinski definition) is 3. The zero-order valence-electron chi connectivity index (χ0n) is 12.5. The number of hydrogen-bond donors (Lipinski definition) is 0. The lowest BCUT2D eigenvalue weighted by Gasteiger charge is -2.21. The van der Waals surface area contributed by atoms with Crippen LogP contribution in [0, 0.1) is 0 Å². The number of carbonyl (C=O) groups excluding carboxylic acids is 1. The summed E-state index contributed by atoms with van der Waals surface area (Å²) in [6.45, 7) is 2.51. The number of amides is 1. The van der Waals surface area contributed by atoms with Crippen LogP contribution in [-0.2, 0) is 18.3 Å². The van der Waals surface area contributed by atoms with E-state index >= 15 is 0 Å². The molecule has 21 heavy (non-hydrogen) atoms. The minimum absolute atomic E-state index is 0.0228. The van der Waals surface area contributed by atoms with Crippen molar-refractivity contribution in [1.29, 1.82) is 0 Å². The van der Waals surface area contributed by atoms with E-state index in [9.17, 15) is 4.79 Å². The Morgan fingerprint density at radius 2 is 2.29 bits per heavy atom. The van der Waals surface area contributed by atoms with E-state index in [-0.39, 0.29) is 11.9 Å². The predicted octanol–water partition coefficient (Wildman–Crippen LogP) is 1.92. The third-order valence-electron chi connectivity index (χ3n) is 3.52. The van der Waals surface area contributed by atoms with Gasteiger partial charge in [-0.3, -0.25) is 9.48 Å². The first kappa shape index (κ1) is 15.6. The number of likely N-dealkylation sites (N-methyl/N-ethyl adjacent to an activating group) is 1. The summed E-state index contributed by atoms with van der Waals surface area (Å²) in [5, 5.41) is 4.61. The van der Waals surface area contributed by atoms with Gasteiger partial charge >= 0.3 is 0 Å². The average molecular weight is 310 g/mol. The molecule has 0 aliphatic heterocycles. The van der Waals surface area contributed by atoms with E-state index in [1.165, 1.54) is 6.20 Å². The molecule has 2 aromatic heterocycles. The monoisotopic (exact) mass is 309 g/mol. The summed E-state index contributed by atoms with van der Waals surface area (Å²) in [5.74, 6) is 1.05. The SMILES string of the molecule is C[C@H](C(=O)N(C)CCCc1nccn1C)n1cc(Cl)cn1. The molecule has 1 atom stereocenters. The van der Waals surface area contributed by atoms with E-state index in [4.69, 9.17) is 11.6 Å². The van der Waals surface area contributed by atoms with E-state index in [1.807, 2.05) is 31.8 Å². The molecule has 2 rings (SSSR count). The number of imidazole rings is 1. The van der Waals surface area contributed by atoms with Gasteiger partial charge in [-0.2, -0.15) is 5.10 Å². The number of halogens is 1. The van der Waals surface area contributed by atoms with E-state index in [0.717, 1.165) is 18.7 Å². The lowest BCUT2D eigenvalue weighted by Crippen LogP contribution is -2.34. The minimum atomic E-state index is -0.351. The fourth-order valence-electron chi connectivity index (χ4n) is 2.18. The second kappa shape index (κ2) is 6.76. The zero-order valence-corrected chi connectivity index (χ0v) is 13.3. The van der Waals surface area contributed by atoms with Crippen LogP contribution in [0.3, 0.4) is 0 Å². The maximum Gasteiger partial charge on any atom is 0.246 e. The number of nitrogens with zero attached hydrogens (tertiary/aromatic N) is 5. The summed E-state index contributed by atoms with van der Waals surface area (Å²) in [5.41, 5.74) is 0. The molecular weight excluding hydrogens is 290 g/mol. The van der Waals surface area contributed by atoms with Gasteiger partial charge in [0, 0.05) is 45.7 Å². The number of aromatic nitrogens is 4. The van der Waals surface area contributed by atoms with Crippen molar-refractivity contribution in [2.24, 2.45) is 7.05 Å². The van der Waals surface area contributed by atoms with Crippen molar-refractivity contribution in [2.45, 2.75) is 25.8 Å². The second-order valence-corrected chi connectivity index (χ2v) is 5.57. The Hall–Kier alpha value is -1.82. The molecule has 0 spiro atoms. The average Bonchev–Trinajstić information content (AvgIpc) is 3.06. The van der Waals surface area contributed by atoms with Crippen molar-refractivity contribution in [3.8, 4) is 0 Å². The Morgan fingerprint density at radius 3 is 2.86 bits per heavy atom. The van der Waals surface area contributed by atoms with Crippen molar-refractivity contribution < 1.29 is 4.79 Å². The maximum absolute atomic E-state index is 12.3. The molecule has 2 aromatic rings. The molecule has 114 valence electrons. The summed E-state index contributed by atoms with van der Waals surface area (Å²) >= 11 is 5.83.